The molecule has 0 aromatic rings. The molecule has 0 aliphatic carbocycles. The van der Waals surface area contributed by atoms with Gasteiger partial charge in [0.25, 0.3) is 0 Å². The maximum atomic E-state index is 10.4. The van der Waals surface area contributed by atoms with Crippen LogP contribution in [0.2, 0.25) is 0 Å². The van der Waals surface area contributed by atoms with Crippen LogP contribution in [0.3, 0.4) is 0 Å². The van der Waals surface area contributed by atoms with Crippen molar-refractivity contribution in [3.63, 3.8) is 0 Å². The molecule has 0 heterocycles. The van der Waals surface area contributed by atoms with E-state index in [9.17, 15) is 9.59 Å². The maximum Gasteiger partial charge on any atom is 0.306 e. The summed E-state index contributed by atoms with van der Waals surface area (Å²) in [6.07, 6.45) is 7.43. The molecule has 2 unspecified atom stereocenters. The second kappa shape index (κ2) is 24.4. The first-order chi connectivity index (χ1) is 9.44. The van der Waals surface area contributed by atoms with E-state index in [0.29, 0.717) is 0 Å². The van der Waals surface area contributed by atoms with Crippen LogP contribution in [0.5, 0.6) is 0 Å². The molecule has 0 aromatic carbocycles. The van der Waals surface area contributed by atoms with E-state index >= 15 is 0 Å². The third-order valence-corrected chi connectivity index (χ3v) is 3.50. The first-order valence-electron chi connectivity index (χ1n) is 7.89. The van der Waals surface area contributed by atoms with Crippen LogP contribution in [-0.4, -0.2) is 27.6 Å². The van der Waals surface area contributed by atoms with Gasteiger partial charge in [0.2, 0.25) is 0 Å². The Hall–Kier alpha value is 0.147. The number of carbonyl (C=O) groups is 2. The molecule has 2 atom stereocenters. The van der Waals surface area contributed by atoms with Crippen molar-refractivity contribution >= 4 is 11.9 Å². The molecule has 0 aliphatic heterocycles. The average Bonchev–Trinajstić information content (AvgIpc) is 2.40. The van der Waals surface area contributed by atoms with E-state index < -0.39 is 11.9 Å². The fraction of sp³-hybridized carbons (Fsp3) is 0.875. The number of carboxylic acids is 2. The molecule has 0 aliphatic rings. The van der Waals surface area contributed by atoms with Gasteiger partial charge in [0.05, 0.1) is 11.8 Å². The van der Waals surface area contributed by atoms with Crippen LogP contribution < -0.4 is 0 Å². The molecule has 0 aromatic heterocycles. The van der Waals surface area contributed by atoms with Gasteiger partial charge in [-0.2, -0.15) is 0 Å². The second-order valence-electron chi connectivity index (χ2n) is 5.17. The zero-order chi connectivity index (χ0) is 16.0. The van der Waals surface area contributed by atoms with Gasteiger partial charge in [-0.05, 0) is 25.7 Å². The van der Waals surface area contributed by atoms with Crippen molar-refractivity contribution in [1.29, 1.82) is 0 Å². The van der Waals surface area contributed by atoms with Crippen molar-refractivity contribution < 1.29 is 64.2 Å². The van der Waals surface area contributed by atoms with Crippen molar-refractivity contribution in [3.8, 4) is 0 Å². The Morgan fingerprint density at radius 1 is 0.739 bits per heavy atom. The van der Waals surface area contributed by atoms with E-state index in [1.165, 1.54) is 0 Å². The van der Waals surface area contributed by atoms with E-state index in [1.54, 1.807) is 0 Å². The third kappa shape index (κ3) is 22.1. The zero-order valence-corrected chi connectivity index (χ0v) is 21.4. The summed E-state index contributed by atoms with van der Waals surface area (Å²) in [6, 6.07) is 0. The molecule has 7 heteroatoms. The predicted molar refractivity (Wildman–Crippen MR) is 85.5 cm³/mol. The first-order valence-corrected chi connectivity index (χ1v) is 7.89. The Labute approximate surface area is 166 Å². The van der Waals surface area contributed by atoms with Gasteiger partial charge in [-0.25, -0.2) is 0 Å². The van der Waals surface area contributed by atoms with E-state index in [4.69, 9.17) is 10.2 Å². The Morgan fingerprint density at radius 3 is 1.13 bits per heavy atom. The van der Waals surface area contributed by atoms with Gasteiger partial charge in [0.15, 0.2) is 0 Å². The summed E-state index contributed by atoms with van der Waals surface area (Å²) in [5.74, 6) is -1.51. The SMILES string of the molecule is CCCCC(CC)C(=O)O.CCCCC(CC)C(=O)O.O.[Zn].[Zn]. The molecule has 0 saturated heterocycles. The van der Waals surface area contributed by atoms with Crippen LogP contribution in [0.4, 0.5) is 0 Å². The van der Waals surface area contributed by atoms with Gasteiger partial charge >= 0.3 is 11.9 Å². The molecule has 0 spiro atoms. The van der Waals surface area contributed by atoms with E-state index in [2.05, 4.69) is 13.8 Å². The summed E-state index contributed by atoms with van der Waals surface area (Å²) in [4.78, 5) is 20.9. The summed E-state index contributed by atoms with van der Waals surface area (Å²) >= 11 is 0. The second-order valence-corrected chi connectivity index (χ2v) is 5.17. The quantitative estimate of drug-likeness (QED) is 0.508. The van der Waals surface area contributed by atoms with Crippen molar-refractivity contribution in [2.45, 2.75) is 79.1 Å². The molecule has 0 fully saturated rings. The third-order valence-electron chi connectivity index (χ3n) is 3.50. The average molecular weight is 437 g/mol. The van der Waals surface area contributed by atoms with E-state index in [0.717, 1.165) is 51.4 Å². The topological polar surface area (TPSA) is 106 Å². The van der Waals surface area contributed by atoms with Crippen molar-refractivity contribution in [2.24, 2.45) is 11.8 Å². The summed E-state index contributed by atoms with van der Waals surface area (Å²) in [7, 11) is 0. The zero-order valence-electron chi connectivity index (χ0n) is 15.4. The molecule has 132 valence electrons. The number of aliphatic carboxylic acids is 2. The molecule has 0 bridgehead atoms. The predicted octanol–water partition coefficient (Wildman–Crippen LogP) is 3.75. The van der Waals surface area contributed by atoms with Crippen molar-refractivity contribution in [3.05, 3.63) is 0 Å². The van der Waals surface area contributed by atoms with Gasteiger partial charge in [0.1, 0.15) is 0 Å². The number of unbranched alkanes of at least 4 members (excludes halogenated alkanes) is 2. The Bertz CT molecular complexity index is 237. The largest absolute Gasteiger partial charge is 0.481 e. The van der Waals surface area contributed by atoms with Crippen molar-refractivity contribution in [2.75, 3.05) is 0 Å². The standard InChI is InChI=1S/2C8H16O2.H2O.2Zn/c2*1-3-5-6-7(4-2)8(9)10;;;/h2*7H,3-6H2,1-2H3,(H,9,10);1H2;;. The summed E-state index contributed by atoms with van der Waals surface area (Å²) in [6.45, 7) is 8.01. The summed E-state index contributed by atoms with van der Waals surface area (Å²) in [5.41, 5.74) is 0. The minimum Gasteiger partial charge on any atom is -0.481 e. The maximum absolute atomic E-state index is 10.4. The molecule has 0 amide bonds. The molecular weight excluding hydrogens is 403 g/mol. The molecule has 0 rings (SSSR count). The van der Waals surface area contributed by atoms with Gasteiger partial charge in [-0.1, -0.05) is 53.4 Å². The van der Waals surface area contributed by atoms with Crippen molar-refractivity contribution in [1.82, 2.24) is 0 Å². The minimum atomic E-state index is -0.643. The van der Waals surface area contributed by atoms with Gasteiger partial charge in [0, 0.05) is 39.0 Å². The summed E-state index contributed by atoms with van der Waals surface area (Å²) < 4.78 is 0. The smallest absolute Gasteiger partial charge is 0.306 e. The molecule has 0 saturated carbocycles. The monoisotopic (exact) mass is 434 g/mol. The van der Waals surface area contributed by atoms with Gasteiger partial charge in [-0.15, -0.1) is 0 Å². The molecule has 0 radical (unpaired) electrons. The Balaban J connectivity index is -0.0000000831. The van der Waals surface area contributed by atoms with E-state index in [-0.39, 0.29) is 56.3 Å². The molecule has 23 heavy (non-hydrogen) atoms. The first kappa shape index (κ1) is 34.5. The number of carboxylic acid groups (broad SMARTS) is 2. The number of rotatable bonds is 10. The molecule has 4 N–H and O–H groups in total. The van der Waals surface area contributed by atoms with Crippen LogP contribution in [0, 0.1) is 11.8 Å². The van der Waals surface area contributed by atoms with Gasteiger partial charge < -0.3 is 15.7 Å². The van der Waals surface area contributed by atoms with Crippen LogP contribution in [0.25, 0.3) is 0 Å². The fourth-order valence-corrected chi connectivity index (χ4v) is 1.91. The van der Waals surface area contributed by atoms with Crippen LogP contribution in [-0.2, 0) is 48.5 Å². The Kier molecular flexibility index (Phi) is 36.6. The van der Waals surface area contributed by atoms with E-state index in [1.807, 2.05) is 13.8 Å². The van der Waals surface area contributed by atoms with Crippen LogP contribution in [0.15, 0.2) is 0 Å². The Morgan fingerprint density at radius 2 is 1.00 bits per heavy atom. The summed E-state index contributed by atoms with van der Waals surface area (Å²) in [5, 5.41) is 17.2. The fourth-order valence-electron chi connectivity index (χ4n) is 1.91. The van der Waals surface area contributed by atoms with Crippen LogP contribution >= 0.6 is 0 Å². The van der Waals surface area contributed by atoms with Crippen LogP contribution in [0.1, 0.15) is 79.1 Å². The number of hydrogen-bond donors (Lipinski definition) is 2. The van der Waals surface area contributed by atoms with Gasteiger partial charge in [-0.3, -0.25) is 9.59 Å². The number of hydrogen-bond acceptors (Lipinski definition) is 2. The normalized spacial score (nSPS) is 11.3. The minimum absolute atomic E-state index is 0. The molecule has 5 nitrogen and oxygen atoms in total. The molecular formula is C16H34O5Zn2.